The van der Waals surface area contributed by atoms with Gasteiger partial charge < -0.3 is 19.9 Å². The van der Waals surface area contributed by atoms with Crippen LogP contribution >= 0.6 is 24.0 Å². The summed E-state index contributed by atoms with van der Waals surface area (Å²) in [5.74, 6) is 2.02. The van der Waals surface area contributed by atoms with Crippen LogP contribution in [0.25, 0.3) is 0 Å². The number of aromatic nitrogens is 1. The minimum absolute atomic E-state index is 0. The molecule has 2 atom stereocenters. The number of nitrogens with one attached hydrogen (secondary N) is 1. The fourth-order valence-corrected chi connectivity index (χ4v) is 4.73. The van der Waals surface area contributed by atoms with Crippen molar-refractivity contribution in [3.05, 3.63) is 59.8 Å². The second-order valence-electron chi connectivity index (χ2n) is 8.78. The molecule has 1 aromatic heterocycles. The standard InChI is InChI=1S/C25H36N6O.HI/c1-20-17-29(18-21(2)32-20)19-23-9-5-4-8-22(23)16-28-25(26-3)31-14-12-30(13-15-31)24-10-6-7-11-27-24;/h4-11,20-21H,12-19H2,1-3H3,(H,26,28);1H. The first-order chi connectivity index (χ1) is 15.6. The highest BCUT2D eigenvalue weighted by Crippen LogP contribution is 2.17. The number of ether oxygens (including phenoxy) is 1. The molecule has 2 fully saturated rings. The summed E-state index contributed by atoms with van der Waals surface area (Å²) in [6, 6.07) is 14.8. The van der Waals surface area contributed by atoms with Crippen molar-refractivity contribution in [2.45, 2.75) is 39.1 Å². The second kappa shape index (κ2) is 12.5. The van der Waals surface area contributed by atoms with Gasteiger partial charge in [-0.05, 0) is 37.1 Å². The first-order valence-corrected chi connectivity index (χ1v) is 11.7. The van der Waals surface area contributed by atoms with Crippen molar-refractivity contribution in [3.63, 3.8) is 0 Å². The topological polar surface area (TPSA) is 56.2 Å². The van der Waals surface area contributed by atoms with Gasteiger partial charge in [-0.2, -0.15) is 0 Å². The Balaban J connectivity index is 0.00000306. The highest BCUT2D eigenvalue weighted by molar-refractivity contribution is 14.0. The number of guanidine groups is 1. The molecule has 0 bridgehead atoms. The lowest BCUT2D eigenvalue weighted by Crippen LogP contribution is -2.52. The van der Waals surface area contributed by atoms with Gasteiger partial charge in [0.25, 0.3) is 0 Å². The van der Waals surface area contributed by atoms with E-state index in [1.165, 1.54) is 11.1 Å². The Labute approximate surface area is 215 Å². The number of hydrogen-bond donors (Lipinski definition) is 1. The molecule has 1 N–H and O–H groups in total. The van der Waals surface area contributed by atoms with E-state index in [0.29, 0.717) is 0 Å². The van der Waals surface area contributed by atoms with E-state index in [9.17, 15) is 0 Å². The fourth-order valence-electron chi connectivity index (χ4n) is 4.73. The van der Waals surface area contributed by atoms with Gasteiger partial charge in [-0.15, -0.1) is 24.0 Å². The van der Waals surface area contributed by atoms with Crippen LogP contribution in [0.1, 0.15) is 25.0 Å². The van der Waals surface area contributed by atoms with Crippen molar-refractivity contribution in [1.29, 1.82) is 0 Å². The van der Waals surface area contributed by atoms with Crippen LogP contribution in [-0.2, 0) is 17.8 Å². The molecule has 3 heterocycles. The van der Waals surface area contributed by atoms with Gasteiger partial charge in [0.05, 0.1) is 12.2 Å². The fraction of sp³-hybridized carbons (Fsp3) is 0.520. The maximum absolute atomic E-state index is 5.90. The number of hydrogen-bond acceptors (Lipinski definition) is 5. The number of piperazine rings is 1. The molecular formula is C25H37IN6O. The number of halogens is 1. The summed E-state index contributed by atoms with van der Waals surface area (Å²) in [5.41, 5.74) is 2.70. The lowest BCUT2D eigenvalue weighted by molar-refractivity contribution is -0.0705. The summed E-state index contributed by atoms with van der Waals surface area (Å²) >= 11 is 0. The minimum atomic E-state index is 0. The highest BCUT2D eigenvalue weighted by Gasteiger charge is 2.23. The Morgan fingerprint density at radius 3 is 2.30 bits per heavy atom. The molecule has 2 aliphatic heterocycles. The number of rotatable bonds is 5. The van der Waals surface area contributed by atoms with Gasteiger partial charge in [-0.3, -0.25) is 9.89 Å². The molecule has 2 saturated heterocycles. The molecule has 2 aliphatic rings. The molecule has 2 aromatic rings. The minimum Gasteiger partial charge on any atom is -0.373 e. The predicted octanol–water partition coefficient (Wildman–Crippen LogP) is 3.21. The number of pyridine rings is 1. The van der Waals surface area contributed by atoms with Crippen molar-refractivity contribution in [2.24, 2.45) is 4.99 Å². The quantitative estimate of drug-likeness (QED) is 0.342. The molecule has 2 unspecified atom stereocenters. The third-order valence-corrected chi connectivity index (χ3v) is 6.21. The summed E-state index contributed by atoms with van der Waals surface area (Å²) in [4.78, 5) is 16.2. The average molecular weight is 565 g/mol. The Morgan fingerprint density at radius 1 is 1.00 bits per heavy atom. The van der Waals surface area contributed by atoms with Crippen molar-refractivity contribution in [3.8, 4) is 0 Å². The van der Waals surface area contributed by atoms with Crippen LogP contribution in [0.4, 0.5) is 5.82 Å². The van der Waals surface area contributed by atoms with Gasteiger partial charge in [-0.25, -0.2) is 4.98 Å². The number of aliphatic imine (C=N–C) groups is 1. The first kappa shape index (κ1) is 25.7. The van der Waals surface area contributed by atoms with Crippen molar-refractivity contribution in [1.82, 2.24) is 20.1 Å². The summed E-state index contributed by atoms with van der Waals surface area (Å²) in [5, 5.41) is 3.60. The van der Waals surface area contributed by atoms with E-state index in [4.69, 9.17) is 4.74 Å². The molecule has 0 aliphatic carbocycles. The van der Waals surface area contributed by atoms with Gasteiger partial charge in [0.2, 0.25) is 0 Å². The SMILES string of the molecule is CN=C(NCc1ccccc1CN1CC(C)OC(C)C1)N1CCN(c2ccccn2)CC1.I. The van der Waals surface area contributed by atoms with E-state index in [2.05, 4.69) is 74.2 Å². The third-order valence-electron chi connectivity index (χ3n) is 6.21. The normalized spacial score (nSPS) is 22.1. The second-order valence-corrected chi connectivity index (χ2v) is 8.78. The van der Waals surface area contributed by atoms with E-state index in [1.807, 2.05) is 25.4 Å². The summed E-state index contributed by atoms with van der Waals surface area (Å²) in [6.45, 7) is 11.8. The Morgan fingerprint density at radius 2 is 1.67 bits per heavy atom. The van der Waals surface area contributed by atoms with Crippen LogP contribution in [0.15, 0.2) is 53.7 Å². The molecule has 0 saturated carbocycles. The molecule has 180 valence electrons. The molecule has 1 aromatic carbocycles. The summed E-state index contributed by atoms with van der Waals surface area (Å²) in [6.07, 6.45) is 2.43. The van der Waals surface area contributed by atoms with Crippen molar-refractivity contribution >= 4 is 35.8 Å². The van der Waals surface area contributed by atoms with E-state index in [1.54, 1.807) is 0 Å². The largest absolute Gasteiger partial charge is 0.373 e. The van der Waals surface area contributed by atoms with Crippen LogP contribution in [0.2, 0.25) is 0 Å². The molecule has 0 radical (unpaired) electrons. The highest BCUT2D eigenvalue weighted by atomic mass is 127. The smallest absolute Gasteiger partial charge is 0.194 e. The Kier molecular flexibility index (Phi) is 9.76. The van der Waals surface area contributed by atoms with Gasteiger partial charge in [0, 0.05) is 65.6 Å². The molecule has 33 heavy (non-hydrogen) atoms. The van der Waals surface area contributed by atoms with Crippen LogP contribution in [-0.4, -0.2) is 79.3 Å². The monoisotopic (exact) mass is 564 g/mol. The summed E-state index contributed by atoms with van der Waals surface area (Å²) in [7, 11) is 1.87. The zero-order chi connectivity index (χ0) is 22.3. The lowest BCUT2D eigenvalue weighted by atomic mass is 10.1. The molecule has 0 amide bonds. The Hall–Kier alpha value is -1.91. The first-order valence-electron chi connectivity index (χ1n) is 11.7. The molecular weight excluding hydrogens is 527 g/mol. The number of nitrogens with zero attached hydrogens (tertiary/aromatic N) is 5. The van der Waals surface area contributed by atoms with Crippen LogP contribution in [0, 0.1) is 0 Å². The molecule has 0 spiro atoms. The maximum Gasteiger partial charge on any atom is 0.194 e. The van der Waals surface area contributed by atoms with E-state index < -0.39 is 0 Å². The molecule has 8 heteroatoms. The van der Waals surface area contributed by atoms with E-state index >= 15 is 0 Å². The molecule has 4 rings (SSSR count). The van der Waals surface area contributed by atoms with Crippen LogP contribution in [0.3, 0.4) is 0 Å². The Bertz CT molecular complexity index is 877. The summed E-state index contributed by atoms with van der Waals surface area (Å²) < 4.78 is 5.90. The van der Waals surface area contributed by atoms with Gasteiger partial charge in [-0.1, -0.05) is 30.3 Å². The lowest BCUT2D eigenvalue weighted by Gasteiger charge is -2.37. The van der Waals surface area contributed by atoms with E-state index in [-0.39, 0.29) is 36.2 Å². The van der Waals surface area contributed by atoms with Gasteiger partial charge in [0.1, 0.15) is 5.82 Å². The maximum atomic E-state index is 5.90. The van der Waals surface area contributed by atoms with Crippen LogP contribution in [0.5, 0.6) is 0 Å². The number of morpholine rings is 1. The zero-order valence-corrected chi connectivity index (χ0v) is 22.3. The van der Waals surface area contributed by atoms with Crippen molar-refractivity contribution in [2.75, 3.05) is 51.2 Å². The third kappa shape index (κ3) is 7.04. The zero-order valence-electron chi connectivity index (χ0n) is 20.0. The van der Waals surface area contributed by atoms with Gasteiger partial charge >= 0.3 is 0 Å². The molecule has 7 nitrogen and oxygen atoms in total. The van der Waals surface area contributed by atoms with Gasteiger partial charge in [0.15, 0.2) is 5.96 Å². The number of benzene rings is 1. The number of anilines is 1. The predicted molar refractivity (Wildman–Crippen MR) is 145 cm³/mol. The van der Waals surface area contributed by atoms with Crippen LogP contribution < -0.4 is 10.2 Å². The van der Waals surface area contributed by atoms with Crippen molar-refractivity contribution < 1.29 is 4.74 Å². The van der Waals surface area contributed by atoms with E-state index in [0.717, 1.165) is 64.1 Å². The average Bonchev–Trinajstić information content (AvgIpc) is 2.81.